The third-order valence-electron chi connectivity index (χ3n) is 7.21. The zero-order chi connectivity index (χ0) is 30.5. The van der Waals surface area contributed by atoms with Gasteiger partial charge in [0.05, 0.1) is 12.7 Å². The lowest BCUT2D eigenvalue weighted by atomic mass is 9.97. The van der Waals surface area contributed by atoms with Gasteiger partial charge in [-0.15, -0.1) is 0 Å². The summed E-state index contributed by atoms with van der Waals surface area (Å²) in [6.45, 7) is 0.593. The molecule has 1 aromatic heterocycles. The number of rotatable bonds is 6. The van der Waals surface area contributed by atoms with Gasteiger partial charge in [0, 0.05) is 17.7 Å². The van der Waals surface area contributed by atoms with Crippen molar-refractivity contribution < 1.29 is 69.3 Å². The zero-order valence-electron chi connectivity index (χ0n) is 21.9. The number of ether oxygens (including phenoxy) is 4. The van der Waals surface area contributed by atoms with Crippen molar-refractivity contribution >= 4 is 11.0 Å². The van der Waals surface area contributed by atoms with E-state index in [1.807, 2.05) is 0 Å². The standard InChI is InChI=1S/C27H30O15/c1-9-17(32)20(35)22(37)26(38-9)42-25-21(36)18(33)15(8-28)40-27(25)41-24-19(34)16-13(31)6-12(30)7-14(16)39-23(24)10-2-4-11(29)5-3-10/h2-7,9,15,17-18,20-22,25-33,35-37H,8H2,1H3/t9-,15+,17-,18+,20+,21-,22+,25+,26+,27-/m1/s1. The van der Waals surface area contributed by atoms with E-state index in [-0.39, 0.29) is 22.7 Å². The zero-order valence-corrected chi connectivity index (χ0v) is 21.9. The summed E-state index contributed by atoms with van der Waals surface area (Å²) in [6, 6.07) is 7.31. The van der Waals surface area contributed by atoms with Crippen LogP contribution in [-0.4, -0.2) is 114 Å². The van der Waals surface area contributed by atoms with Crippen molar-refractivity contribution in [1.29, 1.82) is 0 Å². The van der Waals surface area contributed by atoms with Crippen molar-refractivity contribution in [3.63, 3.8) is 0 Å². The van der Waals surface area contributed by atoms with Crippen molar-refractivity contribution in [1.82, 2.24) is 0 Å². The fourth-order valence-corrected chi connectivity index (χ4v) is 4.87. The van der Waals surface area contributed by atoms with Gasteiger partial charge in [-0.2, -0.15) is 0 Å². The Morgan fingerprint density at radius 1 is 0.810 bits per heavy atom. The third kappa shape index (κ3) is 5.37. The van der Waals surface area contributed by atoms with Crippen LogP contribution in [0.2, 0.25) is 0 Å². The van der Waals surface area contributed by atoms with Crippen LogP contribution in [0.15, 0.2) is 45.6 Å². The summed E-state index contributed by atoms with van der Waals surface area (Å²) in [5, 5.41) is 91.6. The highest BCUT2D eigenvalue weighted by Crippen LogP contribution is 2.38. The van der Waals surface area contributed by atoms with Crippen LogP contribution in [0.25, 0.3) is 22.3 Å². The van der Waals surface area contributed by atoms with Crippen LogP contribution in [0.3, 0.4) is 0 Å². The molecule has 3 aromatic rings. The molecular weight excluding hydrogens is 564 g/mol. The van der Waals surface area contributed by atoms with E-state index in [1.165, 1.54) is 31.2 Å². The van der Waals surface area contributed by atoms with E-state index in [0.717, 1.165) is 12.1 Å². The van der Waals surface area contributed by atoms with Crippen LogP contribution in [0.4, 0.5) is 0 Å². The van der Waals surface area contributed by atoms with Crippen LogP contribution in [0.5, 0.6) is 23.0 Å². The molecule has 2 aliphatic heterocycles. The topological polar surface area (TPSA) is 249 Å². The number of aromatic hydroxyl groups is 3. The molecule has 0 aliphatic carbocycles. The number of fused-ring (bicyclic) bond motifs is 1. The maximum absolute atomic E-state index is 13.7. The van der Waals surface area contributed by atoms with Crippen LogP contribution in [-0.2, 0) is 14.2 Å². The molecule has 9 N–H and O–H groups in total. The molecule has 2 fully saturated rings. The van der Waals surface area contributed by atoms with Gasteiger partial charge in [-0.05, 0) is 31.2 Å². The fourth-order valence-electron chi connectivity index (χ4n) is 4.87. The molecule has 3 heterocycles. The summed E-state index contributed by atoms with van der Waals surface area (Å²) < 4.78 is 28.5. The summed E-state index contributed by atoms with van der Waals surface area (Å²) >= 11 is 0. The lowest BCUT2D eigenvalue weighted by Crippen LogP contribution is -2.64. The molecule has 5 rings (SSSR count). The van der Waals surface area contributed by atoms with E-state index in [9.17, 15) is 50.8 Å². The molecule has 0 radical (unpaired) electrons. The Morgan fingerprint density at radius 3 is 2.17 bits per heavy atom. The van der Waals surface area contributed by atoms with Gasteiger partial charge in [-0.3, -0.25) is 4.79 Å². The predicted octanol–water partition coefficient (Wildman–Crippen LogP) is -1.39. The maximum Gasteiger partial charge on any atom is 0.239 e. The van der Waals surface area contributed by atoms with Gasteiger partial charge in [0.15, 0.2) is 18.2 Å². The van der Waals surface area contributed by atoms with Crippen LogP contribution in [0, 0.1) is 0 Å². The molecule has 2 saturated heterocycles. The minimum absolute atomic E-state index is 0.112. The summed E-state index contributed by atoms with van der Waals surface area (Å²) in [5.74, 6) is -2.03. The Morgan fingerprint density at radius 2 is 1.50 bits per heavy atom. The second kappa shape index (κ2) is 11.6. The number of benzene rings is 2. The molecule has 10 atom stereocenters. The first-order valence-electron chi connectivity index (χ1n) is 12.9. The highest BCUT2D eigenvalue weighted by atomic mass is 16.8. The van der Waals surface area contributed by atoms with E-state index >= 15 is 0 Å². The largest absolute Gasteiger partial charge is 0.508 e. The molecule has 2 aromatic carbocycles. The third-order valence-corrected chi connectivity index (χ3v) is 7.21. The molecule has 228 valence electrons. The molecule has 15 nitrogen and oxygen atoms in total. The molecule has 15 heteroatoms. The highest BCUT2D eigenvalue weighted by molar-refractivity contribution is 5.88. The van der Waals surface area contributed by atoms with Gasteiger partial charge in [-0.25, -0.2) is 0 Å². The van der Waals surface area contributed by atoms with Crippen molar-refractivity contribution in [3.05, 3.63) is 46.6 Å². The first-order valence-corrected chi connectivity index (χ1v) is 12.9. The predicted molar refractivity (Wildman–Crippen MR) is 139 cm³/mol. The van der Waals surface area contributed by atoms with E-state index < -0.39 is 96.1 Å². The summed E-state index contributed by atoms with van der Waals surface area (Å²) in [4.78, 5) is 13.7. The van der Waals surface area contributed by atoms with Crippen LogP contribution < -0.4 is 10.2 Å². The molecule has 42 heavy (non-hydrogen) atoms. The number of phenolic OH excluding ortho intramolecular Hbond substituents is 3. The minimum Gasteiger partial charge on any atom is -0.508 e. The van der Waals surface area contributed by atoms with Gasteiger partial charge < -0.3 is 69.3 Å². The van der Waals surface area contributed by atoms with Crippen LogP contribution in [0.1, 0.15) is 6.92 Å². The number of aliphatic hydroxyl groups excluding tert-OH is 6. The Kier molecular flexibility index (Phi) is 8.30. The Bertz CT molecular complexity index is 1470. The van der Waals surface area contributed by atoms with Crippen molar-refractivity contribution in [2.24, 2.45) is 0 Å². The molecule has 0 saturated carbocycles. The Balaban J connectivity index is 1.60. The monoisotopic (exact) mass is 594 g/mol. The van der Waals surface area contributed by atoms with Gasteiger partial charge in [0.2, 0.25) is 17.5 Å². The lowest BCUT2D eigenvalue weighted by Gasteiger charge is -2.45. The molecule has 2 aliphatic rings. The second-order valence-electron chi connectivity index (χ2n) is 10.1. The van der Waals surface area contributed by atoms with Gasteiger partial charge in [0.1, 0.15) is 64.8 Å². The van der Waals surface area contributed by atoms with E-state index in [0.29, 0.717) is 0 Å². The molecule has 0 unspecified atom stereocenters. The molecular formula is C27H30O15. The number of hydrogen-bond donors (Lipinski definition) is 9. The van der Waals surface area contributed by atoms with Gasteiger partial charge in [-0.1, -0.05) is 0 Å². The lowest BCUT2D eigenvalue weighted by molar-refractivity contribution is -0.354. The van der Waals surface area contributed by atoms with E-state index in [1.54, 1.807) is 0 Å². The molecule has 0 spiro atoms. The molecule has 0 amide bonds. The normalized spacial score (nSPS) is 33.5. The van der Waals surface area contributed by atoms with Gasteiger partial charge >= 0.3 is 0 Å². The quantitative estimate of drug-likeness (QED) is 0.159. The van der Waals surface area contributed by atoms with Crippen LogP contribution >= 0.6 is 0 Å². The van der Waals surface area contributed by atoms with Crippen molar-refractivity contribution in [2.75, 3.05) is 6.61 Å². The number of aliphatic hydroxyl groups is 6. The first kappa shape index (κ1) is 30.0. The average molecular weight is 595 g/mol. The minimum atomic E-state index is -1.87. The summed E-state index contributed by atoms with van der Waals surface area (Å²) in [7, 11) is 0. The molecule has 0 bridgehead atoms. The van der Waals surface area contributed by atoms with Crippen molar-refractivity contribution in [3.8, 4) is 34.3 Å². The number of hydrogen-bond acceptors (Lipinski definition) is 15. The highest BCUT2D eigenvalue weighted by Gasteiger charge is 2.51. The fraction of sp³-hybridized carbons (Fsp3) is 0.444. The van der Waals surface area contributed by atoms with E-state index in [4.69, 9.17) is 23.4 Å². The number of phenols is 3. The maximum atomic E-state index is 13.7. The summed E-state index contributed by atoms with van der Waals surface area (Å²) in [5.41, 5.74) is -0.995. The Labute approximate surface area is 236 Å². The SMILES string of the molecule is C[C@H]1O[C@@H](O[C@@H]2[C@@H](Oc3c(-c4ccc(O)cc4)oc4cc(O)cc(O)c4c3=O)O[C@@H](CO)[C@H](O)[C@H]2O)[C@@H](O)[C@@H](O)[C@@H]1O. The van der Waals surface area contributed by atoms with E-state index in [2.05, 4.69) is 0 Å². The Hall–Kier alpha value is -3.51. The average Bonchev–Trinajstić information content (AvgIpc) is 2.95. The van der Waals surface area contributed by atoms with Gasteiger partial charge in [0.25, 0.3) is 0 Å². The second-order valence-corrected chi connectivity index (χ2v) is 10.1. The van der Waals surface area contributed by atoms with Crippen molar-refractivity contribution in [2.45, 2.75) is 68.3 Å². The summed E-state index contributed by atoms with van der Waals surface area (Å²) in [6.07, 6.45) is -16.3. The first-order chi connectivity index (χ1) is 19.9. The smallest absolute Gasteiger partial charge is 0.239 e.